The van der Waals surface area contributed by atoms with E-state index in [-0.39, 0.29) is 30.4 Å². The van der Waals surface area contributed by atoms with Crippen LogP contribution in [0.15, 0.2) is 36.4 Å². The van der Waals surface area contributed by atoms with Crippen LogP contribution in [0, 0.1) is 0 Å². The SMILES string of the molecule is CC(C)(C)OC(=O)N1CCc2cccc(CN3CCCC[C@@H]3COc3ccc4c(c3)CN(C3CCC(=O)NC3=O)C4=O)c21. The van der Waals surface area contributed by atoms with Crippen LogP contribution in [0.5, 0.6) is 5.75 Å². The van der Waals surface area contributed by atoms with Crippen LogP contribution in [0.25, 0.3) is 0 Å². The molecule has 2 aromatic carbocycles. The largest absolute Gasteiger partial charge is 0.492 e. The van der Waals surface area contributed by atoms with E-state index in [0.717, 1.165) is 55.6 Å². The number of carbonyl (C=O) groups excluding carboxylic acids is 4. The Morgan fingerprint density at radius 1 is 1.00 bits per heavy atom. The van der Waals surface area contributed by atoms with Gasteiger partial charge in [0.1, 0.15) is 24.0 Å². The van der Waals surface area contributed by atoms with Crippen LogP contribution >= 0.6 is 0 Å². The third-order valence-corrected chi connectivity index (χ3v) is 8.75. The first kappa shape index (κ1) is 29.2. The number of imide groups is 1. The predicted molar refractivity (Wildman–Crippen MR) is 160 cm³/mol. The standard InChI is InChI=1S/C33H40N4O6/c1-33(2,3)43-32(41)36-16-14-21-7-6-8-22(29(21)36)18-35-15-5-4-9-24(35)20-42-25-10-11-26-23(17-25)19-37(31(26)40)27-12-13-28(38)34-30(27)39/h6-8,10-11,17,24,27H,4-5,9,12-16,18-20H2,1-3H3,(H,34,38,39)/t24-,27?/m1/s1. The third kappa shape index (κ3) is 6.11. The normalized spacial score (nSPS) is 22.3. The molecule has 10 nitrogen and oxygen atoms in total. The molecular weight excluding hydrogens is 548 g/mol. The van der Waals surface area contributed by atoms with Gasteiger partial charge in [-0.15, -0.1) is 0 Å². The average molecular weight is 589 g/mol. The van der Waals surface area contributed by atoms with E-state index in [0.29, 0.717) is 37.4 Å². The van der Waals surface area contributed by atoms with Gasteiger partial charge in [-0.25, -0.2) is 4.79 Å². The Morgan fingerprint density at radius 2 is 1.84 bits per heavy atom. The van der Waals surface area contributed by atoms with Crippen LogP contribution in [-0.4, -0.2) is 71.0 Å². The summed E-state index contributed by atoms with van der Waals surface area (Å²) in [5.74, 6) is -0.205. The molecule has 4 amide bonds. The van der Waals surface area contributed by atoms with Gasteiger partial charge in [-0.3, -0.25) is 29.5 Å². The van der Waals surface area contributed by atoms with Crippen LogP contribution in [0.3, 0.4) is 0 Å². The van der Waals surface area contributed by atoms with Gasteiger partial charge in [0, 0.05) is 37.7 Å². The summed E-state index contributed by atoms with van der Waals surface area (Å²) in [7, 11) is 0. The first-order chi connectivity index (χ1) is 20.6. The Balaban J connectivity index is 1.12. The van der Waals surface area contributed by atoms with Crippen molar-refractivity contribution in [2.75, 3.05) is 24.6 Å². The maximum Gasteiger partial charge on any atom is 0.414 e. The number of carbonyl (C=O) groups is 4. The molecule has 2 saturated heterocycles. The zero-order valence-corrected chi connectivity index (χ0v) is 25.2. The number of hydrogen-bond acceptors (Lipinski definition) is 7. The predicted octanol–water partition coefficient (Wildman–Crippen LogP) is 4.18. The molecule has 0 aromatic heterocycles. The summed E-state index contributed by atoms with van der Waals surface area (Å²) in [6.07, 6.45) is 4.33. The smallest absolute Gasteiger partial charge is 0.414 e. The summed E-state index contributed by atoms with van der Waals surface area (Å²) >= 11 is 0. The molecule has 0 saturated carbocycles. The van der Waals surface area contributed by atoms with Crippen molar-refractivity contribution in [3.05, 3.63) is 58.7 Å². The maximum atomic E-state index is 13.1. The highest BCUT2D eigenvalue weighted by atomic mass is 16.6. The van der Waals surface area contributed by atoms with Gasteiger partial charge < -0.3 is 14.4 Å². The fourth-order valence-corrected chi connectivity index (χ4v) is 6.67. The molecule has 2 atom stereocenters. The van der Waals surface area contributed by atoms with Crippen molar-refractivity contribution in [2.45, 2.75) is 90.1 Å². The van der Waals surface area contributed by atoms with Crippen molar-refractivity contribution in [1.82, 2.24) is 15.1 Å². The number of likely N-dealkylation sites (tertiary alicyclic amines) is 1. The number of fused-ring (bicyclic) bond motifs is 2. The van der Waals surface area contributed by atoms with Gasteiger partial charge in [-0.1, -0.05) is 24.6 Å². The minimum Gasteiger partial charge on any atom is -0.492 e. The molecule has 0 radical (unpaired) electrons. The lowest BCUT2D eigenvalue weighted by Gasteiger charge is -2.36. The van der Waals surface area contributed by atoms with E-state index >= 15 is 0 Å². The number of para-hydroxylation sites is 1. The van der Waals surface area contributed by atoms with E-state index in [1.54, 1.807) is 15.9 Å². The van der Waals surface area contributed by atoms with E-state index in [1.165, 1.54) is 5.56 Å². The summed E-state index contributed by atoms with van der Waals surface area (Å²) in [6, 6.07) is 11.3. The van der Waals surface area contributed by atoms with Crippen molar-refractivity contribution in [1.29, 1.82) is 0 Å². The molecule has 10 heteroatoms. The van der Waals surface area contributed by atoms with Gasteiger partial charge in [0.25, 0.3) is 5.91 Å². The van der Waals surface area contributed by atoms with Gasteiger partial charge in [0.15, 0.2) is 0 Å². The van der Waals surface area contributed by atoms with Gasteiger partial charge >= 0.3 is 6.09 Å². The molecule has 43 heavy (non-hydrogen) atoms. The number of nitrogens with one attached hydrogen (secondary N) is 1. The van der Waals surface area contributed by atoms with Crippen LogP contribution < -0.4 is 15.0 Å². The number of hydrogen-bond donors (Lipinski definition) is 1. The number of piperidine rings is 2. The van der Waals surface area contributed by atoms with Crippen LogP contribution in [-0.2, 0) is 33.8 Å². The number of ether oxygens (including phenoxy) is 2. The van der Waals surface area contributed by atoms with Crippen LogP contribution in [0.1, 0.15) is 79.9 Å². The molecule has 1 unspecified atom stereocenters. The summed E-state index contributed by atoms with van der Waals surface area (Å²) in [5.41, 5.74) is 4.12. The lowest BCUT2D eigenvalue weighted by molar-refractivity contribution is -0.136. The molecule has 228 valence electrons. The lowest BCUT2D eigenvalue weighted by Crippen LogP contribution is -2.52. The minimum absolute atomic E-state index is 0.190. The molecule has 4 aliphatic heterocycles. The summed E-state index contributed by atoms with van der Waals surface area (Å²) in [5, 5.41) is 2.35. The zero-order valence-electron chi connectivity index (χ0n) is 25.2. The molecule has 2 aromatic rings. The van der Waals surface area contributed by atoms with Crippen molar-refractivity contribution < 1.29 is 28.7 Å². The topological polar surface area (TPSA) is 108 Å². The summed E-state index contributed by atoms with van der Waals surface area (Å²) in [6.45, 7) is 8.78. The van der Waals surface area contributed by atoms with E-state index in [9.17, 15) is 19.2 Å². The molecule has 0 bridgehead atoms. The number of anilines is 1. The number of nitrogens with zero attached hydrogens (tertiary/aromatic N) is 3. The fraction of sp³-hybridized carbons (Fsp3) is 0.515. The second-order valence-corrected chi connectivity index (χ2v) is 13.0. The van der Waals surface area contributed by atoms with Crippen molar-refractivity contribution in [2.24, 2.45) is 0 Å². The van der Waals surface area contributed by atoms with Crippen molar-refractivity contribution in [3.63, 3.8) is 0 Å². The first-order valence-electron chi connectivity index (χ1n) is 15.3. The maximum absolute atomic E-state index is 13.1. The highest BCUT2D eigenvalue weighted by Crippen LogP contribution is 2.35. The second-order valence-electron chi connectivity index (χ2n) is 13.0. The average Bonchev–Trinajstić information content (AvgIpc) is 3.53. The van der Waals surface area contributed by atoms with Gasteiger partial charge in [0.05, 0.1) is 5.69 Å². The van der Waals surface area contributed by atoms with E-state index in [1.807, 2.05) is 32.9 Å². The summed E-state index contributed by atoms with van der Waals surface area (Å²) < 4.78 is 12.0. The van der Waals surface area contributed by atoms with Gasteiger partial charge in [0.2, 0.25) is 11.8 Å². The van der Waals surface area contributed by atoms with E-state index in [2.05, 4.69) is 28.4 Å². The second kappa shape index (κ2) is 11.6. The van der Waals surface area contributed by atoms with Crippen LogP contribution in [0.2, 0.25) is 0 Å². The molecule has 1 N–H and O–H groups in total. The molecule has 4 aliphatic rings. The van der Waals surface area contributed by atoms with E-state index in [4.69, 9.17) is 9.47 Å². The molecule has 4 heterocycles. The highest BCUT2D eigenvalue weighted by molar-refractivity contribution is 6.05. The Kier molecular flexibility index (Phi) is 7.89. The molecule has 2 fully saturated rings. The molecule has 0 spiro atoms. The Bertz CT molecular complexity index is 1450. The number of benzene rings is 2. The fourth-order valence-electron chi connectivity index (χ4n) is 6.67. The number of rotatable bonds is 6. The third-order valence-electron chi connectivity index (χ3n) is 8.75. The van der Waals surface area contributed by atoms with Crippen molar-refractivity contribution >= 4 is 29.5 Å². The zero-order chi connectivity index (χ0) is 30.3. The lowest BCUT2D eigenvalue weighted by atomic mass is 10.0. The van der Waals surface area contributed by atoms with Gasteiger partial charge in [-0.2, -0.15) is 0 Å². The van der Waals surface area contributed by atoms with E-state index < -0.39 is 17.6 Å². The molecule has 6 rings (SSSR count). The van der Waals surface area contributed by atoms with Crippen LogP contribution in [0.4, 0.5) is 10.5 Å². The van der Waals surface area contributed by atoms with Crippen molar-refractivity contribution in [3.8, 4) is 5.75 Å². The Labute approximate surface area is 252 Å². The molecule has 0 aliphatic carbocycles. The monoisotopic (exact) mass is 588 g/mol. The molecular formula is C33H40N4O6. The first-order valence-corrected chi connectivity index (χ1v) is 15.3. The minimum atomic E-state index is -0.636. The summed E-state index contributed by atoms with van der Waals surface area (Å²) in [4.78, 5) is 55.8. The Morgan fingerprint density at radius 3 is 2.63 bits per heavy atom. The Hall–Kier alpha value is -3.92. The highest BCUT2D eigenvalue weighted by Gasteiger charge is 2.39. The van der Waals surface area contributed by atoms with Gasteiger partial charge in [-0.05, 0) is 87.9 Å². The number of amides is 4. The quantitative estimate of drug-likeness (QED) is 0.505.